The van der Waals surface area contributed by atoms with Crippen molar-refractivity contribution in [3.8, 4) is 5.75 Å². The first-order chi connectivity index (χ1) is 10.2. The van der Waals surface area contributed by atoms with Gasteiger partial charge in [-0.05, 0) is 40.9 Å². The third-order valence-electron chi connectivity index (χ3n) is 3.80. The molecule has 1 aliphatic rings. The molecule has 0 unspecified atom stereocenters. The van der Waals surface area contributed by atoms with Crippen LogP contribution in [0, 0.1) is 0 Å². The van der Waals surface area contributed by atoms with Crippen LogP contribution in [-0.2, 0) is 6.61 Å². The minimum absolute atomic E-state index is 0.335. The second-order valence-corrected chi connectivity index (χ2v) is 6.10. The van der Waals surface area contributed by atoms with E-state index >= 15 is 0 Å². The fourth-order valence-corrected chi connectivity index (χ4v) is 3.23. The van der Waals surface area contributed by atoms with Crippen LogP contribution in [-0.4, -0.2) is 9.97 Å². The number of nitrogens with two attached hydrogens (primary N) is 1. The van der Waals surface area contributed by atoms with Crippen LogP contribution in [0.3, 0.4) is 0 Å². The van der Waals surface area contributed by atoms with E-state index in [0.29, 0.717) is 24.2 Å². The van der Waals surface area contributed by atoms with E-state index in [4.69, 9.17) is 10.5 Å². The molecule has 1 fully saturated rings. The number of halogens is 1. The van der Waals surface area contributed by atoms with E-state index in [9.17, 15) is 0 Å². The van der Waals surface area contributed by atoms with Crippen LogP contribution in [0.2, 0.25) is 0 Å². The van der Waals surface area contributed by atoms with Crippen molar-refractivity contribution in [3.05, 3.63) is 46.3 Å². The fourth-order valence-electron chi connectivity index (χ4n) is 2.73. The predicted molar refractivity (Wildman–Crippen MR) is 86.1 cm³/mol. The van der Waals surface area contributed by atoms with E-state index in [2.05, 4.69) is 25.9 Å². The van der Waals surface area contributed by atoms with Gasteiger partial charge in [-0.1, -0.05) is 31.0 Å². The summed E-state index contributed by atoms with van der Waals surface area (Å²) in [6.07, 6.45) is 4.87. The molecule has 21 heavy (non-hydrogen) atoms. The van der Waals surface area contributed by atoms with Gasteiger partial charge in [-0.3, -0.25) is 0 Å². The monoisotopic (exact) mass is 347 g/mol. The summed E-state index contributed by atoms with van der Waals surface area (Å²) >= 11 is 3.53. The Kier molecular flexibility index (Phi) is 4.39. The summed E-state index contributed by atoms with van der Waals surface area (Å²) in [6.45, 7) is 0.335. The highest BCUT2D eigenvalue weighted by molar-refractivity contribution is 9.10. The molecular weight excluding hydrogens is 330 g/mol. The van der Waals surface area contributed by atoms with E-state index in [0.717, 1.165) is 15.9 Å². The fraction of sp³-hybridized carbons (Fsp3) is 0.375. The summed E-state index contributed by atoms with van der Waals surface area (Å²) in [5, 5.41) is 0. The molecule has 4 nitrogen and oxygen atoms in total. The number of hydrogen-bond donors (Lipinski definition) is 1. The first-order valence-electron chi connectivity index (χ1n) is 7.23. The summed E-state index contributed by atoms with van der Waals surface area (Å²) in [7, 11) is 0. The van der Waals surface area contributed by atoms with E-state index in [1.165, 1.54) is 25.7 Å². The van der Waals surface area contributed by atoms with Crippen LogP contribution < -0.4 is 10.5 Å². The van der Waals surface area contributed by atoms with Gasteiger partial charge in [0.05, 0.1) is 10.2 Å². The van der Waals surface area contributed by atoms with E-state index in [1.54, 1.807) is 0 Å². The summed E-state index contributed by atoms with van der Waals surface area (Å²) < 4.78 is 6.55. The van der Waals surface area contributed by atoms with Gasteiger partial charge in [0.15, 0.2) is 5.82 Å². The average molecular weight is 348 g/mol. The van der Waals surface area contributed by atoms with Gasteiger partial charge in [-0.25, -0.2) is 9.97 Å². The molecule has 0 aliphatic heterocycles. The molecule has 0 atom stereocenters. The highest BCUT2D eigenvalue weighted by Crippen LogP contribution is 2.38. The number of nitrogen functional groups attached to an aromatic ring is 1. The molecule has 3 rings (SSSR count). The molecule has 0 bridgehead atoms. The second-order valence-electron chi connectivity index (χ2n) is 5.31. The Morgan fingerprint density at radius 2 is 1.86 bits per heavy atom. The van der Waals surface area contributed by atoms with Gasteiger partial charge in [0.2, 0.25) is 0 Å². The maximum atomic E-state index is 6.00. The maximum Gasteiger partial charge on any atom is 0.168 e. The molecule has 2 N–H and O–H groups in total. The van der Waals surface area contributed by atoms with E-state index in [1.807, 2.05) is 30.3 Å². The smallest absolute Gasteiger partial charge is 0.168 e. The molecule has 1 saturated carbocycles. The molecular formula is C16H18BrN3O. The predicted octanol–water partition coefficient (Wildman–Crippen LogP) is 4.06. The Morgan fingerprint density at radius 1 is 1.14 bits per heavy atom. The molecule has 2 aromatic rings. The highest BCUT2D eigenvalue weighted by Gasteiger charge is 2.23. The zero-order valence-corrected chi connectivity index (χ0v) is 13.3. The van der Waals surface area contributed by atoms with Crippen molar-refractivity contribution in [2.75, 3.05) is 5.73 Å². The zero-order valence-electron chi connectivity index (χ0n) is 11.8. The van der Waals surface area contributed by atoms with Crippen molar-refractivity contribution in [1.29, 1.82) is 0 Å². The zero-order chi connectivity index (χ0) is 14.7. The van der Waals surface area contributed by atoms with Crippen LogP contribution in [0.5, 0.6) is 5.75 Å². The Labute approximate surface area is 132 Å². The lowest BCUT2D eigenvalue weighted by molar-refractivity contribution is 0.295. The van der Waals surface area contributed by atoms with Gasteiger partial charge in [0.25, 0.3) is 0 Å². The first kappa shape index (κ1) is 14.3. The molecule has 1 aromatic heterocycles. The van der Waals surface area contributed by atoms with Crippen molar-refractivity contribution in [2.45, 2.75) is 38.2 Å². The third-order valence-corrected chi connectivity index (χ3v) is 4.61. The van der Waals surface area contributed by atoms with Crippen LogP contribution in [0.25, 0.3) is 0 Å². The average Bonchev–Trinajstić information content (AvgIpc) is 3.03. The van der Waals surface area contributed by atoms with Crippen molar-refractivity contribution >= 4 is 21.7 Å². The van der Waals surface area contributed by atoms with Gasteiger partial charge >= 0.3 is 0 Å². The summed E-state index contributed by atoms with van der Waals surface area (Å²) in [4.78, 5) is 8.98. The number of para-hydroxylation sites is 1. The molecule has 0 spiro atoms. The van der Waals surface area contributed by atoms with E-state index < -0.39 is 0 Å². The van der Waals surface area contributed by atoms with Gasteiger partial charge in [0.1, 0.15) is 18.2 Å². The van der Waals surface area contributed by atoms with Gasteiger partial charge in [-0.2, -0.15) is 0 Å². The van der Waals surface area contributed by atoms with Crippen LogP contribution >= 0.6 is 15.9 Å². The SMILES string of the molecule is Nc1nc(COc2ccccc2)nc(C2CCCC2)c1Br. The number of benzene rings is 1. The van der Waals surface area contributed by atoms with E-state index in [-0.39, 0.29) is 0 Å². The Hall–Kier alpha value is -1.62. The number of ether oxygens (including phenoxy) is 1. The minimum Gasteiger partial charge on any atom is -0.486 e. The van der Waals surface area contributed by atoms with Crippen molar-refractivity contribution in [1.82, 2.24) is 9.97 Å². The minimum atomic E-state index is 0.335. The van der Waals surface area contributed by atoms with Crippen LogP contribution in [0.4, 0.5) is 5.82 Å². The second kappa shape index (κ2) is 6.43. The molecule has 0 saturated heterocycles. The summed E-state index contributed by atoms with van der Waals surface area (Å²) in [6, 6.07) is 9.67. The number of hydrogen-bond acceptors (Lipinski definition) is 4. The maximum absolute atomic E-state index is 6.00. The lowest BCUT2D eigenvalue weighted by Crippen LogP contribution is -2.10. The molecule has 5 heteroatoms. The number of rotatable bonds is 4. The summed E-state index contributed by atoms with van der Waals surface area (Å²) in [5.74, 6) is 2.44. The molecule has 110 valence electrons. The molecule has 1 aromatic carbocycles. The number of nitrogens with zero attached hydrogens (tertiary/aromatic N) is 2. The standard InChI is InChI=1S/C16H18BrN3O/c17-14-15(11-6-4-5-7-11)19-13(20-16(14)18)10-21-12-8-2-1-3-9-12/h1-3,8-9,11H,4-7,10H2,(H2,18,19,20). The quantitative estimate of drug-likeness (QED) is 0.905. The highest BCUT2D eigenvalue weighted by atomic mass is 79.9. The van der Waals surface area contributed by atoms with Crippen LogP contribution in [0.15, 0.2) is 34.8 Å². The lowest BCUT2D eigenvalue weighted by atomic mass is 10.0. The normalized spacial score (nSPS) is 15.3. The van der Waals surface area contributed by atoms with Gasteiger partial charge in [0, 0.05) is 5.92 Å². The number of aromatic nitrogens is 2. The summed E-state index contributed by atoms with van der Waals surface area (Å²) in [5.41, 5.74) is 7.04. The number of anilines is 1. The van der Waals surface area contributed by atoms with Crippen molar-refractivity contribution < 1.29 is 4.74 Å². The lowest BCUT2D eigenvalue weighted by Gasteiger charge is -2.14. The Balaban J connectivity index is 1.79. The first-order valence-corrected chi connectivity index (χ1v) is 8.03. The topological polar surface area (TPSA) is 61.0 Å². The van der Waals surface area contributed by atoms with Gasteiger partial charge in [-0.15, -0.1) is 0 Å². The molecule has 0 amide bonds. The van der Waals surface area contributed by atoms with Crippen LogP contribution in [0.1, 0.15) is 43.1 Å². The molecule has 1 aliphatic carbocycles. The third kappa shape index (κ3) is 3.35. The Bertz CT molecular complexity index is 612. The Morgan fingerprint density at radius 3 is 2.57 bits per heavy atom. The largest absolute Gasteiger partial charge is 0.486 e. The molecule has 0 radical (unpaired) electrons. The molecule has 1 heterocycles. The van der Waals surface area contributed by atoms with Crippen molar-refractivity contribution in [2.24, 2.45) is 0 Å². The van der Waals surface area contributed by atoms with Crippen molar-refractivity contribution in [3.63, 3.8) is 0 Å². The van der Waals surface area contributed by atoms with Gasteiger partial charge < -0.3 is 10.5 Å².